The van der Waals surface area contributed by atoms with E-state index in [0.717, 1.165) is 4.88 Å². The number of hydrogen-bond donors (Lipinski definition) is 4. The highest BCUT2D eigenvalue weighted by Gasteiger charge is 2.36. The first-order valence-corrected chi connectivity index (χ1v) is 12.0. The lowest BCUT2D eigenvalue weighted by atomic mass is 9.94. The van der Waals surface area contributed by atoms with Crippen LogP contribution in [0, 0.1) is 0 Å². The van der Waals surface area contributed by atoms with E-state index in [1.54, 1.807) is 24.3 Å². The van der Waals surface area contributed by atoms with E-state index < -0.39 is 29.8 Å². The van der Waals surface area contributed by atoms with Crippen LogP contribution in [0.25, 0.3) is 0 Å². The van der Waals surface area contributed by atoms with E-state index in [0.29, 0.717) is 10.7 Å². The minimum absolute atomic E-state index is 0.186. The zero-order chi connectivity index (χ0) is 25.2. The van der Waals surface area contributed by atoms with Crippen LogP contribution in [0.2, 0.25) is 10.0 Å². The number of thiophene rings is 1. The molecule has 0 radical (unpaired) electrons. The van der Waals surface area contributed by atoms with Crippen molar-refractivity contribution in [1.29, 1.82) is 0 Å². The van der Waals surface area contributed by atoms with E-state index in [2.05, 4.69) is 16.0 Å². The van der Waals surface area contributed by atoms with Gasteiger partial charge in [0.2, 0.25) is 11.8 Å². The molecule has 5 amide bonds. The third-order valence-electron chi connectivity index (χ3n) is 5.11. The number of benzene rings is 1. The zero-order valence-electron chi connectivity index (χ0n) is 18.8. The van der Waals surface area contributed by atoms with Crippen molar-refractivity contribution >= 4 is 69.0 Å². The Morgan fingerprint density at radius 2 is 1.94 bits per heavy atom. The van der Waals surface area contributed by atoms with Crippen molar-refractivity contribution in [2.75, 3.05) is 23.7 Å². The van der Waals surface area contributed by atoms with Gasteiger partial charge in [-0.25, -0.2) is 4.79 Å². The number of primary amides is 1. The van der Waals surface area contributed by atoms with Gasteiger partial charge in [0.15, 0.2) is 0 Å². The fraction of sp³-hybridized carbons (Fsp3) is 0.364. The van der Waals surface area contributed by atoms with Gasteiger partial charge in [0.1, 0.15) is 11.0 Å². The molecule has 1 atom stereocenters. The van der Waals surface area contributed by atoms with Crippen LogP contribution in [0.3, 0.4) is 0 Å². The number of urea groups is 1. The summed E-state index contributed by atoms with van der Waals surface area (Å²) in [4.78, 5) is 52.3. The summed E-state index contributed by atoms with van der Waals surface area (Å²) in [5, 5.41) is 8.75. The number of carbonyl (C=O) groups excluding carboxylic acids is 4. The summed E-state index contributed by atoms with van der Waals surface area (Å²) in [5.74, 6) is -1.63. The Bertz CT molecular complexity index is 1140. The van der Waals surface area contributed by atoms with E-state index in [4.69, 9.17) is 28.9 Å². The molecule has 182 valence electrons. The number of rotatable bonds is 5. The van der Waals surface area contributed by atoms with Crippen LogP contribution in [-0.4, -0.2) is 47.8 Å². The van der Waals surface area contributed by atoms with Crippen molar-refractivity contribution in [3.63, 3.8) is 0 Å². The predicted molar refractivity (Wildman–Crippen MR) is 134 cm³/mol. The first kappa shape index (κ1) is 25.8. The topological polar surface area (TPSA) is 134 Å². The van der Waals surface area contributed by atoms with Gasteiger partial charge in [-0.2, -0.15) is 0 Å². The molecule has 0 saturated carbocycles. The van der Waals surface area contributed by atoms with Crippen molar-refractivity contribution in [3.05, 3.63) is 44.8 Å². The Balaban J connectivity index is 1.92. The second kappa shape index (κ2) is 10.2. The number of piperazine rings is 1. The molecule has 1 aromatic carbocycles. The van der Waals surface area contributed by atoms with Gasteiger partial charge in [-0.1, -0.05) is 50.0 Å². The summed E-state index contributed by atoms with van der Waals surface area (Å²) in [6.45, 7) is 6.38. The molecular weight excluding hydrogens is 501 g/mol. The maximum absolute atomic E-state index is 13.5. The zero-order valence-corrected chi connectivity index (χ0v) is 21.2. The number of carbonyl (C=O) groups is 4. The summed E-state index contributed by atoms with van der Waals surface area (Å²) in [6.07, 6.45) is -0.301. The molecule has 1 aliphatic rings. The lowest BCUT2D eigenvalue weighted by Gasteiger charge is -2.34. The molecule has 12 heteroatoms. The first-order chi connectivity index (χ1) is 15.9. The van der Waals surface area contributed by atoms with E-state index in [1.807, 2.05) is 20.8 Å². The summed E-state index contributed by atoms with van der Waals surface area (Å²) in [7, 11) is 0. The van der Waals surface area contributed by atoms with Crippen molar-refractivity contribution < 1.29 is 19.2 Å². The Morgan fingerprint density at radius 3 is 2.59 bits per heavy atom. The Labute approximate surface area is 211 Å². The van der Waals surface area contributed by atoms with Crippen molar-refractivity contribution in [2.24, 2.45) is 5.73 Å². The second-order valence-corrected chi connectivity index (χ2v) is 10.6. The molecule has 1 aromatic heterocycles. The molecule has 0 aliphatic carbocycles. The van der Waals surface area contributed by atoms with Crippen LogP contribution in [-0.2, 0) is 15.0 Å². The minimum Gasteiger partial charge on any atom is -0.370 e. The minimum atomic E-state index is -1.02. The van der Waals surface area contributed by atoms with Gasteiger partial charge in [0.05, 0.1) is 27.7 Å². The number of nitrogens with one attached hydrogen (secondary N) is 3. The Morgan fingerprint density at radius 1 is 1.24 bits per heavy atom. The number of amides is 5. The highest BCUT2D eigenvalue weighted by molar-refractivity contribution is 7.16. The molecular formula is C22H25Cl2N5O4S. The van der Waals surface area contributed by atoms with Crippen LogP contribution < -0.4 is 21.7 Å². The van der Waals surface area contributed by atoms with Crippen LogP contribution in [0.5, 0.6) is 0 Å². The number of nitrogens with two attached hydrogens (primary N) is 1. The molecule has 1 unspecified atom stereocenters. The van der Waals surface area contributed by atoms with Gasteiger partial charge >= 0.3 is 6.03 Å². The van der Waals surface area contributed by atoms with Gasteiger partial charge in [-0.15, -0.1) is 11.3 Å². The molecule has 1 saturated heterocycles. The van der Waals surface area contributed by atoms with E-state index >= 15 is 0 Å². The molecule has 0 bridgehead atoms. The first-order valence-electron chi connectivity index (χ1n) is 10.4. The van der Waals surface area contributed by atoms with E-state index in [9.17, 15) is 19.2 Å². The normalized spacial score (nSPS) is 16.1. The van der Waals surface area contributed by atoms with Gasteiger partial charge in [0.25, 0.3) is 5.91 Å². The lowest BCUT2D eigenvalue weighted by molar-refractivity contribution is -0.131. The molecule has 1 aliphatic heterocycles. The van der Waals surface area contributed by atoms with Crippen molar-refractivity contribution in [3.8, 4) is 0 Å². The van der Waals surface area contributed by atoms with Crippen LogP contribution >= 0.6 is 34.5 Å². The summed E-state index contributed by atoms with van der Waals surface area (Å²) >= 11 is 13.4. The smallest absolute Gasteiger partial charge is 0.324 e. The quantitative estimate of drug-likeness (QED) is 0.472. The van der Waals surface area contributed by atoms with Gasteiger partial charge in [-0.3, -0.25) is 19.7 Å². The molecule has 0 spiro atoms. The fourth-order valence-corrected chi connectivity index (χ4v) is 4.83. The van der Waals surface area contributed by atoms with Crippen LogP contribution in [0.15, 0.2) is 24.3 Å². The molecule has 1 fully saturated rings. The Hall–Kier alpha value is -2.82. The standard InChI is InChI=1S/C22H25Cl2N5O4S/c1-22(2,3)15-9-11(20(32)29-8-7-26-18(31)14(29)10-16(25)30)19(34-15)28-21(33)27-13-6-4-5-12(23)17(13)24/h4-6,9,14H,7-8,10H2,1-3H3,(H2,25,30)(H,26,31)(H2,27,28,33). The third kappa shape index (κ3) is 5.81. The SMILES string of the molecule is CC(C)(C)c1cc(C(=O)N2CCNC(=O)C2CC(N)=O)c(NC(=O)Nc2cccc(Cl)c2Cl)s1. The summed E-state index contributed by atoms with van der Waals surface area (Å²) in [6, 6.07) is 4.88. The average molecular weight is 526 g/mol. The van der Waals surface area contributed by atoms with E-state index in [-0.39, 0.29) is 40.5 Å². The van der Waals surface area contributed by atoms with E-state index in [1.165, 1.54) is 16.2 Å². The number of hydrogen-bond acceptors (Lipinski definition) is 5. The number of halogens is 2. The van der Waals surface area contributed by atoms with Crippen molar-refractivity contribution in [1.82, 2.24) is 10.2 Å². The molecule has 2 heterocycles. The molecule has 5 N–H and O–H groups in total. The maximum Gasteiger partial charge on any atom is 0.324 e. The summed E-state index contributed by atoms with van der Waals surface area (Å²) in [5.41, 5.74) is 5.51. The molecule has 34 heavy (non-hydrogen) atoms. The third-order valence-corrected chi connectivity index (χ3v) is 7.41. The second-order valence-electron chi connectivity index (χ2n) is 8.76. The number of nitrogens with zero attached hydrogens (tertiary/aromatic N) is 1. The lowest BCUT2D eigenvalue weighted by Crippen LogP contribution is -2.58. The highest BCUT2D eigenvalue weighted by Crippen LogP contribution is 2.37. The van der Waals surface area contributed by atoms with Gasteiger partial charge in [-0.05, 0) is 23.6 Å². The van der Waals surface area contributed by atoms with Crippen molar-refractivity contribution in [2.45, 2.75) is 38.6 Å². The largest absolute Gasteiger partial charge is 0.370 e. The average Bonchev–Trinajstić information content (AvgIpc) is 3.16. The molecule has 2 aromatic rings. The summed E-state index contributed by atoms with van der Waals surface area (Å²) < 4.78 is 0. The maximum atomic E-state index is 13.5. The van der Waals surface area contributed by atoms with Gasteiger partial charge in [0, 0.05) is 18.0 Å². The number of anilines is 2. The highest BCUT2D eigenvalue weighted by atomic mass is 35.5. The van der Waals surface area contributed by atoms with Crippen LogP contribution in [0.1, 0.15) is 42.4 Å². The monoisotopic (exact) mass is 525 g/mol. The Kier molecular flexibility index (Phi) is 7.74. The molecule has 3 rings (SSSR count). The van der Waals surface area contributed by atoms with Gasteiger partial charge < -0.3 is 21.3 Å². The molecule has 9 nitrogen and oxygen atoms in total. The predicted octanol–water partition coefficient (Wildman–Crippen LogP) is 3.81. The fourth-order valence-electron chi connectivity index (χ4n) is 3.38. The van der Waals surface area contributed by atoms with Crippen LogP contribution in [0.4, 0.5) is 15.5 Å².